The van der Waals surface area contributed by atoms with Crippen LogP contribution in [-0.4, -0.2) is 17.8 Å². The van der Waals surface area contributed by atoms with E-state index in [0.717, 1.165) is 0 Å². The quantitative estimate of drug-likeness (QED) is 0.816. The van der Waals surface area contributed by atoms with E-state index in [1.165, 1.54) is 20.2 Å². The summed E-state index contributed by atoms with van der Waals surface area (Å²) in [5.41, 5.74) is 6.64. The summed E-state index contributed by atoms with van der Waals surface area (Å²) < 4.78 is 5.10. The third-order valence-corrected chi connectivity index (χ3v) is 2.08. The SMILES string of the molecule is C=CN1C=C(OC)C(C(C)=O)=C/C1=C/N.CC. The maximum atomic E-state index is 11.3. The van der Waals surface area contributed by atoms with Gasteiger partial charge in [0.2, 0.25) is 0 Å². The van der Waals surface area contributed by atoms with E-state index in [4.69, 9.17) is 10.5 Å². The molecule has 0 aliphatic carbocycles. The van der Waals surface area contributed by atoms with Crippen LogP contribution in [0.5, 0.6) is 0 Å². The Morgan fingerprint density at radius 2 is 2.12 bits per heavy atom. The van der Waals surface area contributed by atoms with Crippen molar-refractivity contribution in [3.63, 3.8) is 0 Å². The Labute approximate surface area is 103 Å². The zero-order chi connectivity index (χ0) is 13.4. The highest BCUT2D eigenvalue weighted by Gasteiger charge is 2.19. The highest BCUT2D eigenvalue weighted by molar-refractivity contribution is 5.97. The van der Waals surface area contributed by atoms with Crippen molar-refractivity contribution in [2.45, 2.75) is 20.8 Å². The van der Waals surface area contributed by atoms with Crippen LogP contribution in [0.2, 0.25) is 0 Å². The molecular formula is C13H20N2O2. The molecule has 0 fully saturated rings. The van der Waals surface area contributed by atoms with Gasteiger partial charge in [0.25, 0.3) is 0 Å². The largest absolute Gasteiger partial charge is 0.494 e. The van der Waals surface area contributed by atoms with Crippen LogP contribution in [0, 0.1) is 0 Å². The van der Waals surface area contributed by atoms with E-state index < -0.39 is 0 Å². The molecule has 0 saturated heterocycles. The predicted octanol–water partition coefficient (Wildman–Crippen LogP) is 2.28. The fourth-order valence-electron chi connectivity index (χ4n) is 1.29. The van der Waals surface area contributed by atoms with E-state index >= 15 is 0 Å². The number of hydrogen-bond acceptors (Lipinski definition) is 4. The van der Waals surface area contributed by atoms with Gasteiger partial charge in [-0.1, -0.05) is 20.4 Å². The molecule has 4 nitrogen and oxygen atoms in total. The normalized spacial score (nSPS) is 16.5. The van der Waals surface area contributed by atoms with Crippen molar-refractivity contribution in [1.82, 2.24) is 4.90 Å². The Hall–Kier alpha value is -1.97. The van der Waals surface area contributed by atoms with Crippen molar-refractivity contribution in [2.24, 2.45) is 5.73 Å². The van der Waals surface area contributed by atoms with Crippen molar-refractivity contribution in [1.29, 1.82) is 0 Å². The third kappa shape index (κ3) is 3.52. The number of nitrogens with two attached hydrogens (primary N) is 1. The second-order valence-electron chi connectivity index (χ2n) is 2.99. The molecule has 0 atom stereocenters. The number of ketones is 1. The van der Waals surface area contributed by atoms with Crippen molar-refractivity contribution in [3.05, 3.63) is 48.3 Å². The van der Waals surface area contributed by atoms with Crippen molar-refractivity contribution >= 4 is 5.78 Å². The molecule has 4 heteroatoms. The minimum Gasteiger partial charge on any atom is -0.494 e. The maximum Gasteiger partial charge on any atom is 0.163 e. The molecule has 1 heterocycles. The van der Waals surface area contributed by atoms with Gasteiger partial charge in [0, 0.05) is 12.4 Å². The minimum absolute atomic E-state index is 0.0637. The van der Waals surface area contributed by atoms with Crippen LogP contribution in [0.15, 0.2) is 48.3 Å². The van der Waals surface area contributed by atoms with Crippen LogP contribution in [0.25, 0.3) is 0 Å². The monoisotopic (exact) mass is 236 g/mol. The van der Waals surface area contributed by atoms with Gasteiger partial charge in [0.1, 0.15) is 5.76 Å². The van der Waals surface area contributed by atoms with E-state index in [0.29, 0.717) is 17.0 Å². The molecule has 0 bridgehead atoms. The van der Waals surface area contributed by atoms with Crippen LogP contribution >= 0.6 is 0 Å². The van der Waals surface area contributed by atoms with E-state index in [9.17, 15) is 4.79 Å². The molecule has 17 heavy (non-hydrogen) atoms. The van der Waals surface area contributed by atoms with Crippen molar-refractivity contribution < 1.29 is 9.53 Å². The summed E-state index contributed by atoms with van der Waals surface area (Å²) in [7, 11) is 1.51. The van der Waals surface area contributed by atoms with Gasteiger partial charge in [-0.05, 0) is 13.0 Å². The first kappa shape index (κ1) is 15.0. The molecule has 0 aromatic rings. The topological polar surface area (TPSA) is 55.6 Å². The van der Waals surface area contributed by atoms with Crippen molar-refractivity contribution in [3.8, 4) is 0 Å². The molecule has 1 aliphatic heterocycles. The zero-order valence-electron chi connectivity index (χ0n) is 10.9. The number of carbonyl (C=O) groups is 1. The highest BCUT2D eigenvalue weighted by Crippen LogP contribution is 2.23. The Balaban J connectivity index is 0.00000121. The first-order valence-corrected chi connectivity index (χ1v) is 5.45. The molecule has 0 unspecified atom stereocenters. The third-order valence-electron chi connectivity index (χ3n) is 2.08. The average molecular weight is 236 g/mol. The highest BCUT2D eigenvalue weighted by atomic mass is 16.5. The van der Waals surface area contributed by atoms with E-state index in [1.54, 1.807) is 23.4 Å². The Kier molecular flexibility index (Phi) is 6.48. The lowest BCUT2D eigenvalue weighted by Crippen LogP contribution is -2.18. The Morgan fingerprint density at radius 3 is 2.47 bits per heavy atom. The number of ether oxygens (including phenoxy) is 1. The van der Waals surface area contributed by atoms with Crippen LogP contribution in [0.4, 0.5) is 0 Å². The molecule has 0 aromatic heterocycles. The van der Waals surface area contributed by atoms with Crippen LogP contribution in [0.3, 0.4) is 0 Å². The fraction of sp³-hybridized carbons (Fsp3) is 0.308. The van der Waals surface area contributed by atoms with Gasteiger partial charge >= 0.3 is 0 Å². The van der Waals surface area contributed by atoms with Gasteiger partial charge in [0.15, 0.2) is 5.78 Å². The summed E-state index contributed by atoms with van der Waals surface area (Å²) in [6.45, 7) is 9.12. The summed E-state index contributed by atoms with van der Waals surface area (Å²) in [6, 6.07) is 0. The van der Waals surface area contributed by atoms with Gasteiger partial charge in [-0.25, -0.2) is 0 Å². The number of allylic oxidation sites excluding steroid dienone is 2. The van der Waals surface area contributed by atoms with Gasteiger partial charge in [-0.15, -0.1) is 0 Å². The second-order valence-corrected chi connectivity index (χ2v) is 2.99. The fourth-order valence-corrected chi connectivity index (χ4v) is 1.29. The van der Waals surface area contributed by atoms with Crippen LogP contribution in [0.1, 0.15) is 20.8 Å². The molecule has 0 aromatic carbocycles. The molecular weight excluding hydrogens is 216 g/mol. The zero-order valence-corrected chi connectivity index (χ0v) is 10.9. The van der Waals surface area contributed by atoms with Gasteiger partial charge in [0.05, 0.1) is 24.6 Å². The number of rotatable bonds is 3. The molecule has 0 radical (unpaired) electrons. The summed E-state index contributed by atoms with van der Waals surface area (Å²) in [5, 5.41) is 0. The van der Waals surface area contributed by atoms with Gasteiger partial charge < -0.3 is 15.4 Å². The van der Waals surface area contributed by atoms with E-state index in [1.807, 2.05) is 13.8 Å². The standard InChI is InChI=1S/C11H14N2O2.C2H6/c1-4-13-7-11(15-3)10(8(2)14)5-9(13)6-12;1-2/h4-7H,1,12H2,2-3H3;1-2H3/b9-6-;. The smallest absolute Gasteiger partial charge is 0.163 e. The number of hydrogen-bond donors (Lipinski definition) is 1. The summed E-state index contributed by atoms with van der Waals surface area (Å²) >= 11 is 0. The first-order chi connectivity index (χ1) is 8.13. The molecule has 0 saturated carbocycles. The molecule has 0 spiro atoms. The molecule has 1 rings (SSSR count). The molecule has 2 N–H and O–H groups in total. The summed E-state index contributed by atoms with van der Waals surface area (Å²) in [4.78, 5) is 13.0. The molecule has 1 aliphatic rings. The minimum atomic E-state index is -0.0637. The molecule has 0 amide bonds. The van der Waals surface area contributed by atoms with Crippen LogP contribution in [-0.2, 0) is 9.53 Å². The number of Topliss-reactive ketones (excluding diaryl/α,β-unsaturated/α-hetero) is 1. The Morgan fingerprint density at radius 1 is 1.53 bits per heavy atom. The Bertz CT molecular complexity index is 379. The van der Waals surface area contributed by atoms with E-state index in [-0.39, 0.29) is 5.78 Å². The summed E-state index contributed by atoms with van der Waals surface area (Å²) in [6.07, 6.45) is 6.34. The first-order valence-electron chi connectivity index (χ1n) is 5.45. The average Bonchev–Trinajstić information content (AvgIpc) is 2.39. The lowest BCUT2D eigenvalue weighted by molar-refractivity contribution is -0.113. The maximum absolute atomic E-state index is 11.3. The number of methoxy groups -OCH3 is 1. The van der Waals surface area contributed by atoms with Crippen LogP contribution < -0.4 is 5.73 Å². The number of carbonyl (C=O) groups excluding carboxylic acids is 1. The lowest BCUT2D eigenvalue weighted by atomic mass is 10.1. The van der Waals surface area contributed by atoms with Gasteiger partial charge in [-0.3, -0.25) is 4.79 Å². The number of nitrogens with zero attached hydrogens (tertiary/aromatic N) is 1. The molecule has 94 valence electrons. The van der Waals surface area contributed by atoms with Crippen molar-refractivity contribution in [2.75, 3.05) is 7.11 Å². The second kappa shape index (κ2) is 7.33. The summed E-state index contributed by atoms with van der Waals surface area (Å²) in [5.74, 6) is 0.444. The van der Waals surface area contributed by atoms with E-state index in [2.05, 4.69) is 6.58 Å². The predicted molar refractivity (Wildman–Crippen MR) is 69.5 cm³/mol. The van der Waals surface area contributed by atoms with Gasteiger partial charge in [-0.2, -0.15) is 0 Å². The lowest BCUT2D eigenvalue weighted by Gasteiger charge is -2.23.